The summed E-state index contributed by atoms with van der Waals surface area (Å²) in [5.74, 6) is 1.25. The second-order valence-corrected chi connectivity index (χ2v) is 8.51. The first-order valence-electron chi connectivity index (χ1n) is 9.60. The minimum atomic E-state index is -0.439. The minimum absolute atomic E-state index is 0.0764. The van der Waals surface area contributed by atoms with E-state index < -0.39 is 11.1 Å². The number of aromatic nitrogens is 3. The molecule has 2 unspecified atom stereocenters. The van der Waals surface area contributed by atoms with Crippen molar-refractivity contribution in [3.8, 4) is 0 Å². The molecule has 3 amide bonds. The molecule has 152 valence electrons. The number of nitrogens with one attached hydrogen (secondary N) is 1. The zero-order valence-corrected chi connectivity index (χ0v) is 16.7. The molecule has 5 rings (SSSR count). The smallest absolute Gasteiger partial charge is 0.290 e. The summed E-state index contributed by atoms with van der Waals surface area (Å²) in [6.45, 7) is 2.96. The van der Waals surface area contributed by atoms with Crippen LogP contribution >= 0.6 is 11.8 Å². The molecule has 0 saturated carbocycles. The molecule has 4 heterocycles. The Balaban J connectivity index is 1.26. The van der Waals surface area contributed by atoms with E-state index in [0.29, 0.717) is 23.6 Å². The normalized spacial score (nSPS) is 24.5. The van der Waals surface area contributed by atoms with Crippen LogP contribution in [0.15, 0.2) is 41.6 Å². The van der Waals surface area contributed by atoms with E-state index in [1.807, 2.05) is 35.2 Å². The molecule has 3 fully saturated rings. The number of fused-ring (bicyclic) bond motifs is 1. The fourth-order valence-corrected chi connectivity index (χ4v) is 4.80. The topological polar surface area (TPSA) is 108 Å². The summed E-state index contributed by atoms with van der Waals surface area (Å²) in [7, 11) is 0. The molecule has 30 heavy (non-hydrogen) atoms. The van der Waals surface area contributed by atoms with Crippen molar-refractivity contribution in [2.75, 3.05) is 31.1 Å². The molecule has 0 aliphatic carbocycles. The van der Waals surface area contributed by atoms with Gasteiger partial charge in [0.1, 0.15) is 6.33 Å². The Morgan fingerprint density at radius 3 is 2.47 bits per heavy atom. The molecule has 9 nitrogen and oxygen atoms in total. The van der Waals surface area contributed by atoms with Crippen molar-refractivity contribution in [2.24, 2.45) is 11.8 Å². The lowest BCUT2D eigenvalue weighted by Gasteiger charge is -2.21. The molecule has 3 saturated heterocycles. The number of thioether (sulfide) groups is 1. The predicted octanol–water partition coefficient (Wildman–Crippen LogP) is 1.40. The Bertz CT molecular complexity index is 1050. The zero-order chi connectivity index (χ0) is 20.7. The number of imide groups is 1. The minimum Gasteiger partial charge on any atom is -0.340 e. The molecule has 0 radical (unpaired) electrons. The number of hydrogen-bond acceptors (Lipinski definition) is 8. The summed E-state index contributed by atoms with van der Waals surface area (Å²) in [5, 5.41) is 1.81. The molecule has 0 spiro atoms. The lowest BCUT2D eigenvalue weighted by atomic mass is 10.0. The first-order chi connectivity index (χ1) is 14.6. The van der Waals surface area contributed by atoms with Crippen LogP contribution in [0, 0.1) is 11.8 Å². The van der Waals surface area contributed by atoms with Gasteiger partial charge < -0.3 is 9.80 Å². The van der Waals surface area contributed by atoms with E-state index in [4.69, 9.17) is 0 Å². The highest BCUT2D eigenvalue weighted by Crippen LogP contribution is 2.33. The fraction of sp³-hybridized carbons (Fsp3) is 0.300. The number of carbonyl (C=O) groups is 3. The van der Waals surface area contributed by atoms with Crippen LogP contribution in [0.4, 0.5) is 10.7 Å². The van der Waals surface area contributed by atoms with Crippen LogP contribution in [0.1, 0.15) is 16.2 Å². The number of benzene rings is 1. The third-order valence-corrected chi connectivity index (χ3v) is 6.37. The second-order valence-electron chi connectivity index (χ2n) is 7.50. The van der Waals surface area contributed by atoms with Gasteiger partial charge >= 0.3 is 0 Å². The number of anilines is 1. The zero-order valence-electron chi connectivity index (χ0n) is 15.9. The molecule has 1 aromatic heterocycles. The number of hydrogen-bond donors (Lipinski definition) is 1. The van der Waals surface area contributed by atoms with Crippen LogP contribution < -0.4 is 10.2 Å². The van der Waals surface area contributed by atoms with Gasteiger partial charge in [-0.3, -0.25) is 19.7 Å². The Morgan fingerprint density at radius 1 is 1.07 bits per heavy atom. The van der Waals surface area contributed by atoms with Crippen molar-refractivity contribution < 1.29 is 14.4 Å². The van der Waals surface area contributed by atoms with Crippen molar-refractivity contribution >= 4 is 40.8 Å². The van der Waals surface area contributed by atoms with Crippen molar-refractivity contribution in [3.63, 3.8) is 0 Å². The number of rotatable bonds is 3. The van der Waals surface area contributed by atoms with Crippen molar-refractivity contribution in [1.29, 1.82) is 0 Å². The van der Waals surface area contributed by atoms with Gasteiger partial charge in [0, 0.05) is 49.7 Å². The number of nitrogens with zero attached hydrogens (tertiary/aromatic N) is 5. The maximum absolute atomic E-state index is 12.7. The summed E-state index contributed by atoms with van der Waals surface area (Å²) in [6, 6.07) is 9.36. The lowest BCUT2D eigenvalue weighted by molar-refractivity contribution is -0.115. The van der Waals surface area contributed by atoms with E-state index in [0.717, 1.165) is 43.5 Å². The third-order valence-electron chi connectivity index (χ3n) is 5.56. The molecule has 3 aliphatic heterocycles. The number of likely N-dealkylation sites (tertiary alicyclic amines) is 1. The Labute approximate surface area is 176 Å². The summed E-state index contributed by atoms with van der Waals surface area (Å²) >= 11 is 0.831. The van der Waals surface area contributed by atoms with Gasteiger partial charge in [0.15, 0.2) is 5.82 Å². The van der Waals surface area contributed by atoms with Gasteiger partial charge in [-0.1, -0.05) is 18.2 Å². The van der Waals surface area contributed by atoms with Gasteiger partial charge in [-0.05, 0) is 23.9 Å². The molecule has 1 aromatic carbocycles. The monoisotopic (exact) mass is 422 g/mol. The molecule has 2 atom stereocenters. The van der Waals surface area contributed by atoms with E-state index in [1.54, 1.807) is 0 Å². The van der Waals surface area contributed by atoms with Crippen LogP contribution in [-0.4, -0.2) is 63.1 Å². The fourth-order valence-electron chi connectivity index (χ4n) is 4.15. The van der Waals surface area contributed by atoms with E-state index >= 15 is 0 Å². The molecule has 10 heteroatoms. The van der Waals surface area contributed by atoms with Gasteiger partial charge in [0.2, 0.25) is 5.95 Å². The third kappa shape index (κ3) is 3.54. The van der Waals surface area contributed by atoms with Gasteiger partial charge in [-0.25, -0.2) is 9.97 Å². The van der Waals surface area contributed by atoms with Gasteiger partial charge in [0.25, 0.3) is 17.1 Å². The molecule has 3 aliphatic rings. The molecular formula is C20H18N6O3S. The Kier molecular flexibility index (Phi) is 4.70. The van der Waals surface area contributed by atoms with Gasteiger partial charge in [-0.15, -0.1) is 0 Å². The summed E-state index contributed by atoms with van der Waals surface area (Å²) in [4.78, 5) is 52.8. The van der Waals surface area contributed by atoms with Crippen LogP contribution in [0.5, 0.6) is 0 Å². The Morgan fingerprint density at radius 2 is 1.80 bits per heavy atom. The van der Waals surface area contributed by atoms with Gasteiger partial charge in [0.05, 0.1) is 4.91 Å². The average Bonchev–Trinajstić information content (AvgIpc) is 3.41. The van der Waals surface area contributed by atoms with E-state index in [9.17, 15) is 14.4 Å². The molecular weight excluding hydrogens is 404 g/mol. The largest absolute Gasteiger partial charge is 0.340 e. The van der Waals surface area contributed by atoms with E-state index in [-0.39, 0.29) is 10.8 Å². The van der Waals surface area contributed by atoms with Crippen LogP contribution in [-0.2, 0) is 4.79 Å². The summed E-state index contributed by atoms with van der Waals surface area (Å²) in [5.41, 5.74) is 0.719. The first-order valence-corrected chi connectivity index (χ1v) is 10.4. The average molecular weight is 422 g/mol. The maximum atomic E-state index is 12.7. The Hall–Kier alpha value is -3.27. The maximum Gasteiger partial charge on any atom is 0.290 e. The number of carbonyl (C=O) groups excluding carboxylic acids is 3. The SMILES string of the molecule is O=C1NC(=O)/C(=C/c2ncnc(N3CC4CN(C(=O)c5ccccc5)CC4C3)n2)S1. The van der Waals surface area contributed by atoms with Crippen molar-refractivity contribution in [2.45, 2.75) is 0 Å². The van der Waals surface area contributed by atoms with E-state index in [2.05, 4.69) is 25.2 Å². The van der Waals surface area contributed by atoms with Crippen LogP contribution in [0.25, 0.3) is 6.08 Å². The summed E-state index contributed by atoms with van der Waals surface area (Å²) in [6.07, 6.45) is 2.90. The summed E-state index contributed by atoms with van der Waals surface area (Å²) < 4.78 is 0. The predicted molar refractivity (Wildman–Crippen MR) is 110 cm³/mol. The van der Waals surface area contributed by atoms with Crippen LogP contribution in [0.3, 0.4) is 0 Å². The first kappa shape index (κ1) is 18.7. The highest BCUT2D eigenvalue weighted by molar-refractivity contribution is 8.18. The van der Waals surface area contributed by atoms with Gasteiger partial charge in [-0.2, -0.15) is 4.98 Å². The molecule has 0 bridgehead atoms. The standard InChI is InChI=1S/C20H18N6O3S/c27-17-15(30-20(29)24-17)6-16-21-11-22-19(23-16)26-9-13-7-25(8-14(13)10-26)18(28)12-4-2-1-3-5-12/h1-6,11,13-14H,7-10H2,(H,24,27,29)/b15-6-. The lowest BCUT2D eigenvalue weighted by Crippen LogP contribution is -2.33. The second kappa shape index (κ2) is 7.52. The molecule has 1 N–H and O–H groups in total. The highest BCUT2D eigenvalue weighted by atomic mass is 32.2. The van der Waals surface area contributed by atoms with E-state index in [1.165, 1.54) is 12.4 Å². The van der Waals surface area contributed by atoms with Crippen molar-refractivity contribution in [3.05, 3.63) is 53.0 Å². The highest BCUT2D eigenvalue weighted by Gasteiger charge is 2.42. The van der Waals surface area contributed by atoms with Crippen LogP contribution in [0.2, 0.25) is 0 Å². The van der Waals surface area contributed by atoms with Crippen molar-refractivity contribution in [1.82, 2.24) is 25.2 Å². The number of amides is 3. The molecule has 2 aromatic rings. The quantitative estimate of drug-likeness (QED) is 0.740.